The highest BCUT2D eigenvalue weighted by atomic mass is 35.5. The Balaban J connectivity index is 1.29. The summed E-state index contributed by atoms with van der Waals surface area (Å²) < 4.78 is 21.1. The van der Waals surface area contributed by atoms with Crippen LogP contribution in [0.25, 0.3) is 17.2 Å². The maximum absolute atomic E-state index is 14.0. The molecule has 1 saturated heterocycles. The van der Waals surface area contributed by atoms with Crippen LogP contribution in [-0.4, -0.2) is 56.8 Å². The Hall–Kier alpha value is -3.46. The summed E-state index contributed by atoms with van der Waals surface area (Å²) in [4.78, 5) is 16.5. The average Bonchev–Trinajstić information content (AvgIpc) is 3.45. The van der Waals surface area contributed by atoms with Crippen LogP contribution in [0.2, 0.25) is 5.02 Å². The fraction of sp³-hybridized carbons (Fsp3) is 0.238. The average molecular weight is 441 g/mol. The SMILES string of the molecule is O=C(Cc1c(F)cccc1Cl)N1CCN(c2ccc3nnc(-c4ccco4)n3n2)CC1. The number of rotatable bonds is 4. The van der Waals surface area contributed by atoms with Gasteiger partial charge in [0.2, 0.25) is 11.7 Å². The molecule has 0 atom stereocenters. The standard InChI is InChI=1S/C21H18ClFN6O2/c22-15-3-1-4-16(23)14(15)13-20(30)28-10-8-27(9-11-28)19-7-6-18-24-25-21(29(18)26-19)17-5-2-12-31-17/h1-7,12H,8-11,13H2. The number of hydrogen-bond acceptors (Lipinski definition) is 6. The number of carbonyl (C=O) groups is 1. The minimum Gasteiger partial charge on any atom is -0.461 e. The summed E-state index contributed by atoms with van der Waals surface area (Å²) in [5, 5.41) is 13.2. The molecule has 158 valence electrons. The summed E-state index contributed by atoms with van der Waals surface area (Å²) >= 11 is 6.06. The van der Waals surface area contributed by atoms with E-state index in [2.05, 4.69) is 20.2 Å². The number of amides is 1. The van der Waals surface area contributed by atoms with Crippen LogP contribution >= 0.6 is 11.6 Å². The lowest BCUT2D eigenvalue weighted by molar-refractivity contribution is -0.130. The van der Waals surface area contributed by atoms with Gasteiger partial charge in [-0.3, -0.25) is 4.79 Å². The predicted molar refractivity (Wildman–Crippen MR) is 112 cm³/mol. The van der Waals surface area contributed by atoms with Gasteiger partial charge in [0.1, 0.15) is 11.6 Å². The highest BCUT2D eigenvalue weighted by Gasteiger charge is 2.24. The molecule has 3 aromatic heterocycles. The molecule has 0 unspecified atom stereocenters. The van der Waals surface area contributed by atoms with Gasteiger partial charge in [-0.15, -0.1) is 15.3 Å². The Kier molecular flexibility index (Phi) is 5.03. The largest absolute Gasteiger partial charge is 0.461 e. The molecule has 0 saturated carbocycles. The molecule has 5 rings (SSSR count). The first kappa shape index (κ1) is 19.5. The van der Waals surface area contributed by atoms with Gasteiger partial charge < -0.3 is 14.2 Å². The smallest absolute Gasteiger partial charge is 0.227 e. The van der Waals surface area contributed by atoms with E-state index in [4.69, 9.17) is 16.0 Å². The first-order valence-corrected chi connectivity index (χ1v) is 10.2. The van der Waals surface area contributed by atoms with Crippen molar-refractivity contribution in [2.75, 3.05) is 31.1 Å². The number of piperazine rings is 1. The second-order valence-corrected chi connectivity index (χ2v) is 7.61. The van der Waals surface area contributed by atoms with Crippen molar-refractivity contribution in [3.63, 3.8) is 0 Å². The third kappa shape index (κ3) is 3.72. The first-order valence-electron chi connectivity index (χ1n) is 9.82. The van der Waals surface area contributed by atoms with Gasteiger partial charge in [-0.05, 0) is 36.4 Å². The van der Waals surface area contributed by atoms with E-state index in [0.717, 1.165) is 5.82 Å². The number of anilines is 1. The highest BCUT2D eigenvalue weighted by molar-refractivity contribution is 6.31. The van der Waals surface area contributed by atoms with Gasteiger partial charge in [-0.25, -0.2) is 4.39 Å². The number of hydrogen-bond donors (Lipinski definition) is 0. The molecule has 1 fully saturated rings. The van der Waals surface area contributed by atoms with Gasteiger partial charge in [0, 0.05) is 36.8 Å². The first-order chi connectivity index (χ1) is 15.1. The van der Waals surface area contributed by atoms with E-state index in [1.807, 2.05) is 12.1 Å². The topological polar surface area (TPSA) is 79.8 Å². The van der Waals surface area contributed by atoms with Crippen molar-refractivity contribution in [3.05, 3.63) is 65.1 Å². The lowest BCUT2D eigenvalue weighted by Crippen LogP contribution is -2.49. The monoisotopic (exact) mass is 440 g/mol. The molecular weight excluding hydrogens is 423 g/mol. The Labute approximate surface area is 181 Å². The van der Waals surface area contributed by atoms with Gasteiger partial charge in [0.25, 0.3) is 0 Å². The van der Waals surface area contributed by atoms with E-state index < -0.39 is 5.82 Å². The molecule has 1 aliphatic rings. The van der Waals surface area contributed by atoms with Crippen molar-refractivity contribution in [2.24, 2.45) is 0 Å². The maximum Gasteiger partial charge on any atom is 0.227 e. The predicted octanol–water partition coefficient (Wildman–Crippen LogP) is 3.07. The number of carbonyl (C=O) groups excluding carboxylic acids is 1. The Morgan fingerprint density at radius 3 is 2.65 bits per heavy atom. The van der Waals surface area contributed by atoms with Gasteiger partial charge in [-0.1, -0.05) is 17.7 Å². The second kappa shape index (κ2) is 7.99. The van der Waals surface area contributed by atoms with Crippen LogP contribution in [0.5, 0.6) is 0 Å². The van der Waals surface area contributed by atoms with Gasteiger partial charge in [-0.2, -0.15) is 4.52 Å². The van der Waals surface area contributed by atoms with E-state index in [9.17, 15) is 9.18 Å². The number of benzene rings is 1. The number of nitrogens with zero attached hydrogens (tertiary/aromatic N) is 6. The van der Waals surface area contributed by atoms with Crippen LogP contribution in [0, 0.1) is 5.82 Å². The summed E-state index contributed by atoms with van der Waals surface area (Å²) in [6.45, 7) is 2.23. The van der Waals surface area contributed by atoms with Crippen LogP contribution in [0.1, 0.15) is 5.56 Å². The van der Waals surface area contributed by atoms with E-state index in [1.54, 1.807) is 33.9 Å². The lowest BCUT2D eigenvalue weighted by Gasteiger charge is -2.35. The summed E-state index contributed by atoms with van der Waals surface area (Å²) in [5.74, 6) is 1.26. The van der Waals surface area contributed by atoms with Gasteiger partial charge in [0.15, 0.2) is 11.4 Å². The van der Waals surface area contributed by atoms with Crippen LogP contribution in [0.3, 0.4) is 0 Å². The number of furan rings is 1. The van der Waals surface area contributed by atoms with Crippen molar-refractivity contribution in [1.29, 1.82) is 0 Å². The number of halogens is 2. The minimum absolute atomic E-state index is 0.0526. The number of fused-ring (bicyclic) bond motifs is 1. The minimum atomic E-state index is -0.460. The lowest BCUT2D eigenvalue weighted by atomic mass is 10.1. The molecule has 8 nitrogen and oxygen atoms in total. The zero-order valence-corrected chi connectivity index (χ0v) is 17.2. The van der Waals surface area contributed by atoms with Crippen molar-refractivity contribution in [2.45, 2.75) is 6.42 Å². The third-order valence-electron chi connectivity index (χ3n) is 5.34. The van der Waals surface area contributed by atoms with E-state index >= 15 is 0 Å². The molecule has 1 aliphatic heterocycles. The summed E-state index contributed by atoms with van der Waals surface area (Å²) in [7, 11) is 0. The van der Waals surface area contributed by atoms with E-state index in [-0.39, 0.29) is 22.9 Å². The molecule has 0 aliphatic carbocycles. The summed E-state index contributed by atoms with van der Waals surface area (Å²) in [5.41, 5.74) is 0.854. The fourth-order valence-corrected chi connectivity index (χ4v) is 3.89. The zero-order valence-electron chi connectivity index (χ0n) is 16.4. The van der Waals surface area contributed by atoms with Gasteiger partial charge >= 0.3 is 0 Å². The molecule has 4 aromatic rings. The molecule has 0 bridgehead atoms. The fourth-order valence-electron chi connectivity index (χ4n) is 3.66. The highest BCUT2D eigenvalue weighted by Crippen LogP contribution is 2.22. The van der Waals surface area contributed by atoms with Crippen LogP contribution in [0.15, 0.2) is 53.1 Å². The normalized spacial score (nSPS) is 14.4. The van der Waals surface area contributed by atoms with Crippen LogP contribution < -0.4 is 4.90 Å². The van der Waals surface area contributed by atoms with Crippen molar-refractivity contribution in [3.8, 4) is 11.6 Å². The summed E-state index contributed by atoms with van der Waals surface area (Å²) in [6.07, 6.45) is 1.52. The molecule has 0 N–H and O–H groups in total. The Morgan fingerprint density at radius 1 is 1.06 bits per heavy atom. The van der Waals surface area contributed by atoms with Gasteiger partial charge in [0.05, 0.1) is 12.7 Å². The number of aromatic nitrogens is 4. The Morgan fingerprint density at radius 2 is 1.90 bits per heavy atom. The maximum atomic E-state index is 14.0. The van der Waals surface area contributed by atoms with Crippen molar-refractivity contribution >= 4 is 29.0 Å². The molecule has 0 spiro atoms. The molecular formula is C21H18ClFN6O2. The second-order valence-electron chi connectivity index (χ2n) is 7.21. The van der Waals surface area contributed by atoms with Crippen molar-refractivity contribution < 1.29 is 13.6 Å². The summed E-state index contributed by atoms with van der Waals surface area (Å²) in [6, 6.07) is 11.8. The van der Waals surface area contributed by atoms with Crippen molar-refractivity contribution in [1.82, 2.24) is 24.7 Å². The molecule has 1 amide bonds. The molecule has 10 heteroatoms. The third-order valence-corrected chi connectivity index (χ3v) is 5.69. The molecule has 0 radical (unpaired) electrons. The van der Waals surface area contributed by atoms with Crippen LogP contribution in [-0.2, 0) is 11.2 Å². The zero-order chi connectivity index (χ0) is 21.4. The van der Waals surface area contributed by atoms with Crippen LogP contribution in [0.4, 0.5) is 10.2 Å². The quantitative estimate of drug-likeness (QED) is 0.485. The van der Waals surface area contributed by atoms with E-state index in [0.29, 0.717) is 43.4 Å². The molecule has 31 heavy (non-hydrogen) atoms. The van der Waals surface area contributed by atoms with E-state index in [1.165, 1.54) is 12.1 Å². The Bertz CT molecular complexity index is 1210. The molecule has 1 aromatic carbocycles. The molecule has 4 heterocycles.